The molecule has 1 unspecified atom stereocenters. The standard InChI is InChI=1S/C14H19BrClN3S/c1-4-9-14(16)11(19(3)18-9)8-10(17-5-2)12-6-7-13(15)20-12/h6-7,10,17H,4-5,8H2,1-3H3. The Balaban J connectivity index is 2.26. The first kappa shape index (κ1) is 16.0. The maximum absolute atomic E-state index is 6.45. The van der Waals surface area contributed by atoms with Crippen molar-refractivity contribution >= 4 is 38.9 Å². The molecule has 0 saturated heterocycles. The molecular formula is C14H19BrClN3S. The van der Waals surface area contributed by atoms with Crippen molar-refractivity contribution in [3.63, 3.8) is 0 Å². The highest BCUT2D eigenvalue weighted by molar-refractivity contribution is 9.11. The van der Waals surface area contributed by atoms with E-state index < -0.39 is 0 Å². The number of hydrogen-bond acceptors (Lipinski definition) is 3. The van der Waals surface area contributed by atoms with Crippen LogP contribution in [0.1, 0.15) is 36.2 Å². The smallest absolute Gasteiger partial charge is 0.0850 e. The SMILES string of the molecule is CCNC(Cc1c(Cl)c(CC)nn1C)c1ccc(Br)s1. The molecule has 0 fully saturated rings. The molecule has 0 spiro atoms. The van der Waals surface area contributed by atoms with Crippen molar-refractivity contribution < 1.29 is 0 Å². The van der Waals surface area contributed by atoms with Crippen LogP contribution < -0.4 is 5.32 Å². The zero-order chi connectivity index (χ0) is 14.7. The predicted molar refractivity (Wildman–Crippen MR) is 89.7 cm³/mol. The molecular weight excluding hydrogens is 358 g/mol. The minimum Gasteiger partial charge on any atom is -0.309 e. The lowest BCUT2D eigenvalue weighted by atomic mass is 10.1. The minimum absolute atomic E-state index is 0.272. The van der Waals surface area contributed by atoms with E-state index in [1.807, 2.05) is 11.7 Å². The topological polar surface area (TPSA) is 29.9 Å². The highest BCUT2D eigenvalue weighted by Gasteiger charge is 2.19. The Kier molecular flexibility index (Phi) is 5.66. The molecule has 0 aliphatic rings. The molecule has 2 aromatic heterocycles. The zero-order valence-corrected chi connectivity index (χ0v) is 15.1. The van der Waals surface area contributed by atoms with Gasteiger partial charge >= 0.3 is 0 Å². The summed E-state index contributed by atoms with van der Waals surface area (Å²) in [5.41, 5.74) is 2.07. The first-order chi connectivity index (χ1) is 9.56. The van der Waals surface area contributed by atoms with E-state index in [-0.39, 0.29) is 6.04 Å². The quantitative estimate of drug-likeness (QED) is 0.812. The summed E-state index contributed by atoms with van der Waals surface area (Å²) < 4.78 is 3.06. The molecule has 2 rings (SSSR count). The number of likely N-dealkylation sites (N-methyl/N-ethyl adjacent to an activating group) is 1. The van der Waals surface area contributed by atoms with Crippen LogP contribution >= 0.6 is 38.9 Å². The Labute approximate surface area is 137 Å². The number of hydrogen-bond donors (Lipinski definition) is 1. The van der Waals surface area contributed by atoms with E-state index in [0.717, 1.165) is 39.6 Å². The molecule has 0 radical (unpaired) electrons. The van der Waals surface area contributed by atoms with Crippen LogP contribution in [0.3, 0.4) is 0 Å². The van der Waals surface area contributed by atoms with Crippen LogP contribution in [0, 0.1) is 0 Å². The second kappa shape index (κ2) is 7.07. The Morgan fingerprint density at radius 2 is 2.20 bits per heavy atom. The lowest BCUT2D eigenvalue weighted by Gasteiger charge is -2.16. The lowest BCUT2D eigenvalue weighted by Crippen LogP contribution is -2.23. The van der Waals surface area contributed by atoms with Crippen LogP contribution in [0.15, 0.2) is 15.9 Å². The Morgan fingerprint density at radius 1 is 1.45 bits per heavy atom. The maximum atomic E-state index is 6.45. The maximum Gasteiger partial charge on any atom is 0.0850 e. The van der Waals surface area contributed by atoms with Crippen LogP contribution in [0.25, 0.3) is 0 Å². The van der Waals surface area contributed by atoms with Gasteiger partial charge in [-0.15, -0.1) is 11.3 Å². The van der Waals surface area contributed by atoms with Gasteiger partial charge in [0.2, 0.25) is 0 Å². The Hall–Kier alpha value is -0.360. The number of halogens is 2. The molecule has 0 aliphatic carbocycles. The van der Waals surface area contributed by atoms with E-state index in [1.165, 1.54) is 4.88 Å². The van der Waals surface area contributed by atoms with Crippen LogP contribution in [-0.2, 0) is 19.9 Å². The summed E-state index contributed by atoms with van der Waals surface area (Å²) in [6.07, 6.45) is 1.71. The van der Waals surface area contributed by atoms with Crippen LogP contribution in [0.5, 0.6) is 0 Å². The third-order valence-corrected chi connectivity index (χ3v) is 5.46. The summed E-state index contributed by atoms with van der Waals surface area (Å²) in [6, 6.07) is 4.52. The third kappa shape index (κ3) is 3.45. The molecule has 0 aromatic carbocycles. The summed E-state index contributed by atoms with van der Waals surface area (Å²) >= 11 is 11.7. The van der Waals surface area contributed by atoms with Gasteiger partial charge in [0, 0.05) is 24.4 Å². The average Bonchev–Trinajstić information content (AvgIpc) is 2.96. The van der Waals surface area contributed by atoms with E-state index in [0.29, 0.717) is 0 Å². The molecule has 1 N–H and O–H groups in total. The highest BCUT2D eigenvalue weighted by Crippen LogP contribution is 2.31. The molecule has 20 heavy (non-hydrogen) atoms. The van der Waals surface area contributed by atoms with E-state index in [2.05, 4.69) is 52.3 Å². The Bertz CT molecular complexity index is 579. The largest absolute Gasteiger partial charge is 0.309 e. The van der Waals surface area contributed by atoms with Gasteiger partial charge in [-0.25, -0.2) is 0 Å². The van der Waals surface area contributed by atoms with E-state index >= 15 is 0 Å². The van der Waals surface area contributed by atoms with Crippen molar-refractivity contribution in [1.29, 1.82) is 0 Å². The number of aromatic nitrogens is 2. The molecule has 110 valence electrons. The van der Waals surface area contributed by atoms with Crippen molar-refractivity contribution in [3.8, 4) is 0 Å². The van der Waals surface area contributed by atoms with Gasteiger partial charge < -0.3 is 5.32 Å². The first-order valence-electron chi connectivity index (χ1n) is 6.75. The van der Waals surface area contributed by atoms with Crippen LogP contribution in [0.2, 0.25) is 5.02 Å². The molecule has 3 nitrogen and oxygen atoms in total. The number of thiophene rings is 1. The predicted octanol–water partition coefficient (Wildman–Crippen LogP) is 4.35. The molecule has 2 aromatic rings. The zero-order valence-electron chi connectivity index (χ0n) is 11.9. The van der Waals surface area contributed by atoms with Crippen molar-refractivity contribution in [2.24, 2.45) is 7.05 Å². The van der Waals surface area contributed by atoms with Gasteiger partial charge in [-0.05, 0) is 41.0 Å². The van der Waals surface area contributed by atoms with Gasteiger partial charge in [-0.1, -0.05) is 25.4 Å². The molecule has 0 saturated carbocycles. The van der Waals surface area contributed by atoms with Gasteiger partial charge in [-0.2, -0.15) is 5.10 Å². The lowest BCUT2D eigenvalue weighted by molar-refractivity contribution is 0.536. The van der Waals surface area contributed by atoms with E-state index in [4.69, 9.17) is 11.6 Å². The summed E-state index contributed by atoms with van der Waals surface area (Å²) in [5, 5.41) is 8.84. The molecule has 0 bridgehead atoms. The summed E-state index contributed by atoms with van der Waals surface area (Å²) in [6.45, 7) is 5.13. The fourth-order valence-corrected chi connectivity index (χ4v) is 4.14. The minimum atomic E-state index is 0.272. The molecule has 0 aliphatic heterocycles. The van der Waals surface area contributed by atoms with Crippen molar-refractivity contribution in [2.75, 3.05) is 6.54 Å². The summed E-state index contributed by atoms with van der Waals surface area (Å²) in [5.74, 6) is 0. The number of rotatable bonds is 6. The summed E-state index contributed by atoms with van der Waals surface area (Å²) in [4.78, 5) is 1.31. The average molecular weight is 377 g/mol. The van der Waals surface area contributed by atoms with E-state index in [9.17, 15) is 0 Å². The summed E-state index contributed by atoms with van der Waals surface area (Å²) in [7, 11) is 1.97. The highest BCUT2D eigenvalue weighted by atomic mass is 79.9. The fraction of sp³-hybridized carbons (Fsp3) is 0.500. The van der Waals surface area contributed by atoms with Gasteiger partial charge in [0.05, 0.1) is 20.2 Å². The van der Waals surface area contributed by atoms with Gasteiger partial charge in [0.15, 0.2) is 0 Å². The number of nitrogens with zero attached hydrogens (tertiary/aromatic N) is 2. The van der Waals surface area contributed by atoms with Gasteiger partial charge in [0.25, 0.3) is 0 Å². The van der Waals surface area contributed by atoms with E-state index in [1.54, 1.807) is 11.3 Å². The Morgan fingerprint density at radius 3 is 2.70 bits per heavy atom. The van der Waals surface area contributed by atoms with Crippen LogP contribution in [0.4, 0.5) is 0 Å². The molecule has 1 atom stereocenters. The van der Waals surface area contributed by atoms with Crippen molar-refractivity contribution in [3.05, 3.63) is 37.2 Å². The fourth-order valence-electron chi connectivity index (χ4n) is 2.27. The molecule has 0 amide bonds. The van der Waals surface area contributed by atoms with Crippen LogP contribution in [-0.4, -0.2) is 16.3 Å². The van der Waals surface area contributed by atoms with Gasteiger partial charge in [-0.3, -0.25) is 4.68 Å². The van der Waals surface area contributed by atoms with Gasteiger partial charge in [0.1, 0.15) is 0 Å². The third-order valence-electron chi connectivity index (χ3n) is 3.29. The molecule has 2 heterocycles. The second-order valence-electron chi connectivity index (χ2n) is 4.64. The first-order valence-corrected chi connectivity index (χ1v) is 8.74. The monoisotopic (exact) mass is 375 g/mol. The second-order valence-corrected chi connectivity index (χ2v) is 7.51. The van der Waals surface area contributed by atoms with Crippen molar-refractivity contribution in [2.45, 2.75) is 32.7 Å². The normalized spacial score (nSPS) is 12.8. The number of nitrogens with one attached hydrogen (secondary N) is 1. The van der Waals surface area contributed by atoms with Crippen molar-refractivity contribution in [1.82, 2.24) is 15.1 Å². The molecule has 6 heteroatoms. The number of aryl methyl sites for hydroxylation is 2.